The average molecular weight is 278 g/mol. The molecule has 0 aliphatic heterocycles. The lowest BCUT2D eigenvalue weighted by atomic mass is 10.0. The predicted molar refractivity (Wildman–Crippen MR) is 69.5 cm³/mol. The number of alkyl halides is 3. The number of aromatic nitrogens is 2. The molecule has 6 heteroatoms. The monoisotopic (exact) mass is 278 g/mol. The van der Waals surface area contributed by atoms with Crippen LogP contribution in [0, 0.1) is 0 Å². The molecule has 0 fully saturated rings. The highest BCUT2D eigenvalue weighted by atomic mass is 19.4. The van der Waals surface area contributed by atoms with Crippen LogP contribution < -0.4 is 5.56 Å². The number of benzene rings is 1. The summed E-state index contributed by atoms with van der Waals surface area (Å²) in [5, 5.41) is 0.557. The molecule has 0 spiro atoms. The van der Waals surface area contributed by atoms with Crippen LogP contribution >= 0.6 is 0 Å². The minimum absolute atomic E-state index is 0.0335. The van der Waals surface area contributed by atoms with Crippen LogP contribution in [0.25, 0.3) is 21.8 Å². The Balaban J connectivity index is 2.62. The first-order valence-electron chi connectivity index (χ1n) is 5.84. The topological polar surface area (TPSA) is 34.9 Å². The van der Waals surface area contributed by atoms with E-state index in [9.17, 15) is 18.0 Å². The lowest BCUT2D eigenvalue weighted by molar-refractivity contribution is -0.136. The smallest absolute Gasteiger partial charge is 0.311 e. The quantitative estimate of drug-likeness (QED) is 0.592. The molecule has 2 heterocycles. The fourth-order valence-corrected chi connectivity index (χ4v) is 2.31. The van der Waals surface area contributed by atoms with Crippen molar-refractivity contribution < 1.29 is 13.2 Å². The van der Waals surface area contributed by atoms with E-state index >= 15 is 0 Å². The van der Waals surface area contributed by atoms with E-state index < -0.39 is 11.7 Å². The van der Waals surface area contributed by atoms with Gasteiger partial charge in [0.05, 0.1) is 16.6 Å². The van der Waals surface area contributed by atoms with Gasteiger partial charge < -0.3 is 4.57 Å². The molecule has 0 bridgehead atoms. The van der Waals surface area contributed by atoms with Gasteiger partial charge in [-0.2, -0.15) is 13.2 Å². The van der Waals surface area contributed by atoms with E-state index in [-0.39, 0.29) is 22.0 Å². The molecule has 0 atom stereocenters. The van der Waals surface area contributed by atoms with Crippen LogP contribution in [0.1, 0.15) is 5.56 Å². The van der Waals surface area contributed by atoms with Crippen molar-refractivity contribution in [2.45, 2.75) is 6.18 Å². The number of hydrogen-bond donors (Lipinski definition) is 0. The van der Waals surface area contributed by atoms with Gasteiger partial charge in [-0.1, -0.05) is 6.07 Å². The first kappa shape index (κ1) is 12.7. The molecule has 0 aliphatic rings. The molecule has 0 unspecified atom stereocenters. The molecule has 0 aliphatic carbocycles. The first-order valence-corrected chi connectivity index (χ1v) is 5.84. The summed E-state index contributed by atoms with van der Waals surface area (Å²) in [5.74, 6) is 0. The number of rotatable bonds is 0. The minimum Gasteiger partial charge on any atom is -0.311 e. The van der Waals surface area contributed by atoms with E-state index in [2.05, 4.69) is 4.98 Å². The van der Waals surface area contributed by atoms with Gasteiger partial charge in [0.2, 0.25) is 0 Å². The maximum Gasteiger partial charge on any atom is 0.417 e. The van der Waals surface area contributed by atoms with E-state index in [0.717, 1.165) is 6.07 Å². The normalized spacial score (nSPS) is 12.2. The van der Waals surface area contributed by atoms with Crippen molar-refractivity contribution in [2.24, 2.45) is 7.05 Å². The average Bonchev–Trinajstić information content (AvgIpc) is 2.41. The SMILES string of the molecule is Cn1c(=O)ccc2c3ncccc3c(C(F)(F)F)cc21. The molecule has 0 amide bonds. The van der Waals surface area contributed by atoms with Gasteiger partial charge in [-0.05, 0) is 18.2 Å². The summed E-state index contributed by atoms with van der Waals surface area (Å²) in [6.45, 7) is 0. The summed E-state index contributed by atoms with van der Waals surface area (Å²) < 4.78 is 40.7. The lowest BCUT2D eigenvalue weighted by Crippen LogP contribution is -2.16. The number of nitrogens with zero attached hydrogens (tertiary/aromatic N) is 2. The molecule has 2 aromatic heterocycles. The Morgan fingerprint density at radius 1 is 1.15 bits per heavy atom. The Labute approximate surface area is 111 Å². The second kappa shape index (κ2) is 4.06. The van der Waals surface area contributed by atoms with Crippen molar-refractivity contribution in [1.82, 2.24) is 9.55 Å². The van der Waals surface area contributed by atoms with Gasteiger partial charge in [0.15, 0.2) is 0 Å². The van der Waals surface area contributed by atoms with Crippen molar-refractivity contribution in [3.05, 3.63) is 52.4 Å². The molecule has 0 radical (unpaired) electrons. The van der Waals surface area contributed by atoms with Crippen molar-refractivity contribution in [3.8, 4) is 0 Å². The molecule has 3 rings (SSSR count). The summed E-state index contributed by atoms with van der Waals surface area (Å²) in [4.78, 5) is 15.6. The van der Waals surface area contributed by atoms with Crippen LogP contribution in [0.4, 0.5) is 13.2 Å². The standard InChI is InChI=1S/C14H9F3N2O/c1-19-11-7-10(14(15,16)17)8-3-2-6-18-13(8)9(11)4-5-12(19)20/h2-7H,1H3. The third kappa shape index (κ3) is 1.76. The van der Waals surface area contributed by atoms with E-state index in [1.54, 1.807) is 0 Å². The fraction of sp³-hybridized carbons (Fsp3) is 0.143. The van der Waals surface area contributed by atoms with Gasteiger partial charge in [-0.3, -0.25) is 9.78 Å². The summed E-state index contributed by atoms with van der Waals surface area (Å²) in [6.07, 6.45) is -3.06. The minimum atomic E-state index is -4.50. The number of fused-ring (bicyclic) bond motifs is 3. The van der Waals surface area contributed by atoms with Crippen LogP contribution in [-0.2, 0) is 13.2 Å². The third-order valence-electron chi connectivity index (χ3n) is 3.30. The third-order valence-corrected chi connectivity index (χ3v) is 3.30. The summed E-state index contributed by atoms with van der Waals surface area (Å²) in [5.41, 5.74) is -0.681. The Morgan fingerprint density at radius 3 is 2.60 bits per heavy atom. The Morgan fingerprint density at radius 2 is 1.90 bits per heavy atom. The molecule has 1 aromatic carbocycles. The van der Waals surface area contributed by atoms with Crippen molar-refractivity contribution >= 4 is 21.8 Å². The van der Waals surface area contributed by atoms with E-state index in [1.165, 1.54) is 42.1 Å². The second-order valence-electron chi connectivity index (χ2n) is 4.48. The molecule has 102 valence electrons. The number of hydrogen-bond acceptors (Lipinski definition) is 2. The highest BCUT2D eigenvalue weighted by molar-refractivity contribution is 6.05. The molecule has 20 heavy (non-hydrogen) atoms. The van der Waals surface area contributed by atoms with Crippen LogP contribution in [0.15, 0.2) is 41.3 Å². The number of pyridine rings is 2. The van der Waals surface area contributed by atoms with Crippen molar-refractivity contribution in [3.63, 3.8) is 0 Å². The van der Waals surface area contributed by atoms with Crippen molar-refractivity contribution in [1.29, 1.82) is 0 Å². The fourth-order valence-electron chi connectivity index (χ4n) is 2.31. The predicted octanol–water partition coefficient (Wildman–Crippen LogP) is 3.11. The number of halogens is 3. The Hall–Kier alpha value is -2.37. The Kier molecular flexibility index (Phi) is 2.57. The van der Waals surface area contributed by atoms with Gasteiger partial charge >= 0.3 is 6.18 Å². The molecule has 0 saturated heterocycles. The van der Waals surface area contributed by atoms with Gasteiger partial charge in [0, 0.05) is 30.1 Å². The largest absolute Gasteiger partial charge is 0.417 e. The zero-order valence-electron chi connectivity index (χ0n) is 10.4. The highest BCUT2D eigenvalue weighted by Gasteiger charge is 2.33. The highest BCUT2D eigenvalue weighted by Crippen LogP contribution is 2.37. The van der Waals surface area contributed by atoms with Crippen LogP contribution in [0.3, 0.4) is 0 Å². The molecular weight excluding hydrogens is 269 g/mol. The maximum absolute atomic E-state index is 13.2. The van der Waals surface area contributed by atoms with E-state index in [0.29, 0.717) is 5.39 Å². The molecule has 0 N–H and O–H groups in total. The van der Waals surface area contributed by atoms with E-state index in [1.807, 2.05) is 0 Å². The van der Waals surface area contributed by atoms with Gasteiger partial charge in [-0.15, -0.1) is 0 Å². The van der Waals surface area contributed by atoms with Crippen LogP contribution in [0.5, 0.6) is 0 Å². The summed E-state index contributed by atoms with van der Waals surface area (Å²) in [6, 6.07) is 6.68. The summed E-state index contributed by atoms with van der Waals surface area (Å²) >= 11 is 0. The zero-order chi connectivity index (χ0) is 14.5. The van der Waals surface area contributed by atoms with Crippen LogP contribution in [-0.4, -0.2) is 9.55 Å². The lowest BCUT2D eigenvalue weighted by Gasteiger charge is -2.14. The molecule has 3 aromatic rings. The van der Waals surface area contributed by atoms with Crippen LogP contribution in [0.2, 0.25) is 0 Å². The molecular formula is C14H9F3N2O. The van der Waals surface area contributed by atoms with Gasteiger partial charge in [0.1, 0.15) is 0 Å². The maximum atomic E-state index is 13.2. The van der Waals surface area contributed by atoms with Gasteiger partial charge in [0.25, 0.3) is 5.56 Å². The first-order chi connectivity index (χ1) is 9.39. The number of aryl methyl sites for hydroxylation is 1. The van der Waals surface area contributed by atoms with E-state index in [4.69, 9.17) is 0 Å². The molecule has 0 saturated carbocycles. The van der Waals surface area contributed by atoms with Crippen molar-refractivity contribution in [2.75, 3.05) is 0 Å². The summed E-state index contributed by atoms with van der Waals surface area (Å²) in [7, 11) is 1.44. The second-order valence-corrected chi connectivity index (χ2v) is 4.48. The van der Waals surface area contributed by atoms with Gasteiger partial charge in [-0.25, -0.2) is 0 Å². The Bertz CT molecular complexity index is 881. The zero-order valence-corrected chi connectivity index (χ0v) is 10.4. The molecule has 3 nitrogen and oxygen atoms in total.